The molecule has 8 nitrogen and oxygen atoms in total. The van der Waals surface area contributed by atoms with E-state index in [0.717, 1.165) is 0 Å². The van der Waals surface area contributed by atoms with E-state index in [2.05, 4.69) is 40.3 Å². The lowest BCUT2D eigenvalue weighted by Gasteiger charge is -2.27. The maximum absolute atomic E-state index is 4.42. The molecule has 0 aliphatic heterocycles. The summed E-state index contributed by atoms with van der Waals surface area (Å²) in [4.78, 5) is 17.7. The molecular weight excluding hydrogens is 383 g/mol. The van der Waals surface area contributed by atoms with Crippen LogP contribution in [0.4, 0.5) is 23.3 Å². The number of aromatic nitrogens is 4. The van der Waals surface area contributed by atoms with Crippen LogP contribution >= 0.6 is 7.87 Å². The summed E-state index contributed by atoms with van der Waals surface area (Å²) in [6, 6.07) is 22.8. The van der Waals surface area contributed by atoms with Crippen LogP contribution in [-0.4, -0.2) is 19.9 Å². The Morgan fingerprint density at radius 2 is 0.690 bits per heavy atom. The van der Waals surface area contributed by atoms with Crippen molar-refractivity contribution in [1.82, 2.24) is 19.9 Å². The van der Waals surface area contributed by atoms with Crippen LogP contribution in [0.3, 0.4) is 0 Å². The standard InChI is InChI=1S/C20H20N8P/c1-5-13-21-17(9-1)25-29(26-18-10-2-6-14-22-18,27-19-11-3-7-15-23-19)28-20-12-4-8-16-24-20/h1-16H,(H,21,25)(H,22,26)(H,23,27)(H,24,28)/q+1. The molecule has 29 heavy (non-hydrogen) atoms. The number of anilines is 4. The number of nitrogens with one attached hydrogen (secondary N) is 4. The molecule has 0 amide bonds. The lowest BCUT2D eigenvalue weighted by Crippen LogP contribution is -2.28. The third-order valence-corrected chi connectivity index (χ3v) is 6.05. The predicted octanol–water partition coefficient (Wildman–Crippen LogP) is 4.69. The van der Waals surface area contributed by atoms with Crippen molar-refractivity contribution >= 4 is 31.1 Å². The van der Waals surface area contributed by atoms with Crippen LogP contribution in [0.5, 0.6) is 0 Å². The summed E-state index contributed by atoms with van der Waals surface area (Å²) in [7, 11) is -2.63. The fourth-order valence-electron chi connectivity index (χ4n) is 2.57. The van der Waals surface area contributed by atoms with Gasteiger partial charge in [-0.2, -0.15) is 20.3 Å². The van der Waals surface area contributed by atoms with E-state index in [4.69, 9.17) is 0 Å². The molecule has 144 valence electrons. The molecule has 0 fully saturated rings. The highest BCUT2D eigenvalue weighted by Crippen LogP contribution is 2.55. The Labute approximate surface area is 169 Å². The van der Waals surface area contributed by atoms with E-state index in [9.17, 15) is 0 Å². The topological polar surface area (TPSA) is 99.7 Å². The van der Waals surface area contributed by atoms with Crippen LogP contribution in [0.25, 0.3) is 0 Å². The van der Waals surface area contributed by atoms with E-state index in [1.165, 1.54) is 0 Å². The van der Waals surface area contributed by atoms with Crippen LogP contribution in [0.15, 0.2) is 97.6 Å². The van der Waals surface area contributed by atoms with Crippen molar-refractivity contribution in [1.29, 1.82) is 0 Å². The SMILES string of the molecule is c1ccc(N[P+](Nc2ccccn2)(Nc2ccccn2)Nc2ccccn2)nc1. The number of hydrogen-bond acceptors (Lipinski definition) is 8. The first-order chi connectivity index (χ1) is 14.3. The van der Waals surface area contributed by atoms with E-state index in [1.54, 1.807) is 24.8 Å². The fourth-order valence-corrected chi connectivity index (χ4v) is 4.81. The summed E-state index contributed by atoms with van der Waals surface area (Å²) in [5, 5.41) is 13.9. The second-order valence-electron chi connectivity index (χ2n) is 5.98. The van der Waals surface area contributed by atoms with Gasteiger partial charge >= 0.3 is 7.87 Å². The van der Waals surface area contributed by atoms with Gasteiger partial charge in [-0.05, 0) is 48.5 Å². The van der Waals surface area contributed by atoms with Gasteiger partial charge in [0.05, 0.1) is 0 Å². The van der Waals surface area contributed by atoms with Crippen LogP contribution in [0.2, 0.25) is 0 Å². The van der Waals surface area contributed by atoms with Crippen LogP contribution in [-0.2, 0) is 0 Å². The van der Waals surface area contributed by atoms with Crippen LogP contribution < -0.4 is 20.3 Å². The van der Waals surface area contributed by atoms with Crippen molar-refractivity contribution in [3.05, 3.63) is 97.6 Å². The first-order valence-corrected chi connectivity index (χ1v) is 10.8. The number of pyridine rings is 4. The minimum atomic E-state index is -2.63. The van der Waals surface area contributed by atoms with Gasteiger partial charge in [0.15, 0.2) is 23.3 Å². The smallest absolute Gasteiger partial charge is 0.236 e. The molecule has 0 unspecified atom stereocenters. The number of nitrogens with zero attached hydrogens (tertiary/aromatic N) is 4. The lowest BCUT2D eigenvalue weighted by atomic mass is 10.5. The molecule has 0 spiro atoms. The Bertz CT molecular complexity index is 832. The average molecular weight is 403 g/mol. The van der Waals surface area contributed by atoms with Gasteiger partial charge in [0, 0.05) is 24.8 Å². The van der Waals surface area contributed by atoms with Crippen molar-refractivity contribution in [3.63, 3.8) is 0 Å². The lowest BCUT2D eigenvalue weighted by molar-refractivity contribution is 1.28. The second kappa shape index (κ2) is 8.95. The summed E-state index contributed by atoms with van der Waals surface area (Å²) in [6.07, 6.45) is 6.94. The molecule has 0 aromatic carbocycles. The van der Waals surface area contributed by atoms with E-state index >= 15 is 0 Å². The second-order valence-corrected chi connectivity index (χ2v) is 8.21. The predicted molar refractivity (Wildman–Crippen MR) is 118 cm³/mol. The highest BCUT2D eigenvalue weighted by atomic mass is 31.2. The van der Waals surface area contributed by atoms with Crippen molar-refractivity contribution in [2.45, 2.75) is 0 Å². The van der Waals surface area contributed by atoms with E-state index < -0.39 is 7.87 Å². The first kappa shape index (κ1) is 18.6. The molecule has 0 atom stereocenters. The molecule has 0 saturated carbocycles. The normalized spacial score (nSPS) is 10.8. The van der Waals surface area contributed by atoms with Gasteiger partial charge < -0.3 is 0 Å². The van der Waals surface area contributed by atoms with Crippen LogP contribution in [0, 0.1) is 0 Å². The largest absolute Gasteiger partial charge is 0.401 e. The Hall–Kier alpha value is -3.77. The molecule has 4 rings (SSSR count). The van der Waals surface area contributed by atoms with Gasteiger partial charge in [-0.15, -0.1) is 0 Å². The summed E-state index contributed by atoms with van der Waals surface area (Å²) < 4.78 is 0. The Kier molecular flexibility index (Phi) is 5.73. The van der Waals surface area contributed by atoms with Crippen molar-refractivity contribution in [2.24, 2.45) is 0 Å². The molecule has 0 bridgehead atoms. The van der Waals surface area contributed by atoms with Gasteiger partial charge in [0.2, 0.25) is 0 Å². The van der Waals surface area contributed by atoms with E-state index in [-0.39, 0.29) is 0 Å². The van der Waals surface area contributed by atoms with Gasteiger partial charge in [0.25, 0.3) is 0 Å². The molecule has 4 aromatic heterocycles. The molecule has 0 aliphatic carbocycles. The monoisotopic (exact) mass is 403 g/mol. The average Bonchev–Trinajstić information content (AvgIpc) is 2.76. The fraction of sp³-hybridized carbons (Fsp3) is 0. The van der Waals surface area contributed by atoms with Crippen molar-refractivity contribution in [2.75, 3.05) is 20.3 Å². The third-order valence-electron chi connectivity index (χ3n) is 3.79. The number of hydrogen-bond donors (Lipinski definition) is 4. The van der Waals surface area contributed by atoms with Gasteiger partial charge in [-0.1, -0.05) is 24.3 Å². The Balaban J connectivity index is 1.75. The van der Waals surface area contributed by atoms with Gasteiger partial charge in [-0.25, -0.2) is 19.9 Å². The molecule has 9 heteroatoms. The summed E-state index contributed by atoms with van der Waals surface area (Å²) >= 11 is 0. The van der Waals surface area contributed by atoms with Crippen molar-refractivity contribution in [3.8, 4) is 0 Å². The highest BCUT2D eigenvalue weighted by Gasteiger charge is 2.42. The molecular formula is C20H20N8P+. The van der Waals surface area contributed by atoms with Gasteiger partial charge in [-0.3, -0.25) is 0 Å². The zero-order valence-corrected chi connectivity index (χ0v) is 16.4. The highest BCUT2D eigenvalue weighted by molar-refractivity contribution is 7.81. The molecule has 0 radical (unpaired) electrons. The molecule has 0 aliphatic rings. The Morgan fingerprint density at radius 1 is 0.414 bits per heavy atom. The molecule has 0 saturated heterocycles. The minimum absolute atomic E-state index is 0.691. The minimum Gasteiger partial charge on any atom is -0.236 e. The third kappa shape index (κ3) is 5.15. The number of rotatable bonds is 8. The van der Waals surface area contributed by atoms with E-state index in [0.29, 0.717) is 23.3 Å². The molecule has 4 heterocycles. The Morgan fingerprint density at radius 3 is 0.897 bits per heavy atom. The summed E-state index contributed by atoms with van der Waals surface area (Å²) in [6.45, 7) is 0. The summed E-state index contributed by atoms with van der Waals surface area (Å²) in [5.41, 5.74) is 0. The quantitative estimate of drug-likeness (QED) is 0.314. The molecule has 4 N–H and O–H groups in total. The summed E-state index contributed by atoms with van der Waals surface area (Å²) in [5.74, 6) is 2.76. The maximum Gasteiger partial charge on any atom is 0.401 e. The van der Waals surface area contributed by atoms with E-state index in [1.807, 2.05) is 72.8 Å². The zero-order chi connectivity index (χ0) is 19.8. The van der Waals surface area contributed by atoms with Gasteiger partial charge in [0.1, 0.15) is 0 Å². The molecule has 4 aromatic rings. The zero-order valence-electron chi connectivity index (χ0n) is 15.5. The maximum atomic E-state index is 4.42. The van der Waals surface area contributed by atoms with Crippen molar-refractivity contribution < 1.29 is 0 Å². The van der Waals surface area contributed by atoms with Crippen LogP contribution in [0.1, 0.15) is 0 Å². The first-order valence-electron chi connectivity index (χ1n) is 8.98.